The molecule has 0 radical (unpaired) electrons. The Morgan fingerprint density at radius 1 is 0.963 bits per heavy atom. The van der Waals surface area contributed by atoms with Crippen LogP contribution in [0.3, 0.4) is 0 Å². The molecule has 2 aromatic carbocycles. The first-order chi connectivity index (χ1) is 13.1. The summed E-state index contributed by atoms with van der Waals surface area (Å²) in [7, 11) is 0. The van der Waals surface area contributed by atoms with Crippen molar-refractivity contribution in [2.45, 2.75) is 45.1 Å². The van der Waals surface area contributed by atoms with E-state index in [1.807, 2.05) is 13.0 Å². The molecule has 1 aromatic heterocycles. The van der Waals surface area contributed by atoms with Gasteiger partial charge in [-0.2, -0.15) is 5.10 Å². The number of rotatable bonds is 3. The van der Waals surface area contributed by atoms with Crippen LogP contribution in [0, 0.1) is 6.92 Å². The fraction of sp³-hybridized carbons (Fsp3) is 0.318. The Hall–Kier alpha value is -2.95. The second kappa shape index (κ2) is 9.12. The van der Waals surface area contributed by atoms with Crippen LogP contribution in [0.4, 0.5) is 0 Å². The van der Waals surface area contributed by atoms with Crippen molar-refractivity contribution in [1.29, 1.82) is 0 Å². The van der Waals surface area contributed by atoms with Gasteiger partial charge >= 0.3 is 5.97 Å². The summed E-state index contributed by atoms with van der Waals surface area (Å²) in [6.45, 7) is 1.98. The minimum absolute atomic E-state index is 0.331. The maximum atomic E-state index is 10.2. The Balaban J connectivity index is 0.000000197. The van der Waals surface area contributed by atoms with Gasteiger partial charge in [0.25, 0.3) is 0 Å². The minimum atomic E-state index is -0.879. The summed E-state index contributed by atoms with van der Waals surface area (Å²) in [5.74, 6) is 1.02. The molecule has 1 heterocycles. The highest BCUT2D eigenvalue weighted by atomic mass is 16.4. The van der Waals surface area contributed by atoms with Crippen molar-refractivity contribution >= 4 is 5.97 Å². The van der Waals surface area contributed by atoms with Gasteiger partial charge in [-0.3, -0.25) is 0 Å². The molecular formula is C22H25N3O2. The third-order valence-corrected chi connectivity index (χ3v) is 4.71. The Morgan fingerprint density at radius 2 is 1.56 bits per heavy atom. The van der Waals surface area contributed by atoms with Crippen LogP contribution in [0.1, 0.15) is 54.3 Å². The van der Waals surface area contributed by atoms with Gasteiger partial charge in [0.15, 0.2) is 5.82 Å². The number of carboxylic acid groups (broad SMARTS) is 1. The number of aromatic carboxylic acids is 1. The van der Waals surface area contributed by atoms with E-state index in [9.17, 15) is 4.79 Å². The molecule has 1 N–H and O–H groups in total. The average Bonchev–Trinajstić information content (AvgIpc) is 3.12. The van der Waals surface area contributed by atoms with Crippen LogP contribution in [0.15, 0.2) is 60.7 Å². The second-order valence-corrected chi connectivity index (χ2v) is 6.76. The highest BCUT2D eigenvalue weighted by Gasteiger charge is 2.20. The molecule has 0 saturated heterocycles. The van der Waals surface area contributed by atoms with E-state index >= 15 is 0 Å². The highest BCUT2D eigenvalue weighted by molar-refractivity contribution is 5.87. The molecule has 27 heavy (non-hydrogen) atoms. The van der Waals surface area contributed by atoms with Crippen LogP contribution in [-0.2, 0) is 0 Å². The predicted molar refractivity (Wildman–Crippen MR) is 106 cm³/mol. The SMILES string of the molecule is Cc1nc(-c2ccccc2)n(C2CCCCC2)n1.O=C(O)c1ccccc1. The largest absolute Gasteiger partial charge is 0.478 e. The molecule has 0 aliphatic heterocycles. The van der Waals surface area contributed by atoms with Crippen molar-refractivity contribution < 1.29 is 9.90 Å². The Morgan fingerprint density at radius 3 is 2.11 bits per heavy atom. The van der Waals surface area contributed by atoms with Gasteiger partial charge in [-0.1, -0.05) is 67.8 Å². The van der Waals surface area contributed by atoms with Crippen LogP contribution in [-0.4, -0.2) is 25.8 Å². The number of hydrogen-bond acceptors (Lipinski definition) is 3. The lowest BCUT2D eigenvalue weighted by atomic mass is 9.95. The van der Waals surface area contributed by atoms with Crippen LogP contribution in [0.2, 0.25) is 0 Å². The van der Waals surface area contributed by atoms with E-state index in [2.05, 4.69) is 39.0 Å². The third-order valence-electron chi connectivity index (χ3n) is 4.71. The molecule has 5 heteroatoms. The number of hydrogen-bond donors (Lipinski definition) is 1. The molecular weight excluding hydrogens is 338 g/mol. The van der Waals surface area contributed by atoms with E-state index in [1.165, 1.54) is 37.7 Å². The number of carboxylic acids is 1. The Bertz CT molecular complexity index is 854. The lowest BCUT2D eigenvalue weighted by Crippen LogP contribution is -2.15. The van der Waals surface area contributed by atoms with Crippen molar-refractivity contribution in [2.75, 3.05) is 0 Å². The van der Waals surface area contributed by atoms with Crippen molar-refractivity contribution in [3.63, 3.8) is 0 Å². The van der Waals surface area contributed by atoms with E-state index in [-0.39, 0.29) is 0 Å². The van der Waals surface area contributed by atoms with Gasteiger partial charge in [0, 0.05) is 5.56 Å². The lowest BCUT2D eigenvalue weighted by Gasteiger charge is -2.23. The molecule has 4 rings (SSSR count). The van der Waals surface area contributed by atoms with Crippen LogP contribution >= 0.6 is 0 Å². The number of benzene rings is 2. The zero-order chi connectivity index (χ0) is 19.1. The smallest absolute Gasteiger partial charge is 0.335 e. The van der Waals surface area contributed by atoms with Gasteiger partial charge in [0.05, 0.1) is 11.6 Å². The number of carbonyl (C=O) groups is 1. The van der Waals surface area contributed by atoms with E-state index in [0.717, 1.165) is 11.6 Å². The lowest BCUT2D eigenvalue weighted by molar-refractivity contribution is 0.0697. The normalized spacial score (nSPS) is 14.3. The first-order valence-corrected chi connectivity index (χ1v) is 9.42. The molecule has 3 aromatic rings. The zero-order valence-corrected chi connectivity index (χ0v) is 15.6. The molecule has 0 unspecified atom stereocenters. The van der Waals surface area contributed by atoms with Gasteiger partial charge in [-0.15, -0.1) is 0 Å². The molecule has 0 atom stereocenters. The van der Waals surface area contributed by atoms with Gasteiger partial charge in [0.1, 0.15) is 5.82 Å². The molecule has 0 bridgehead atoms. The average molecular weight is 363 g/mol. The number of aryl methyl sites for hydroxylation is 1. The summed E-state index contributed by atoms with van der Waals surface area (Å²) in [5.41, 5.74) is 1.50. The summed E-state index contributed by atoms with van der Waals surface area (Å²) in [4.78, 5) is 14.8. The maximum Gasteiger partial charge on any atom is 0.335 e. The molecule has 5 nitrogen and oxygen atoms in total. The fourth-order valence-corrected chi connectivity index (χ4v) is 3.38. The number of aromatic nitrogens is 3. The second-order valence-electron chi connectivity index (χ2n) is 6.76. The van der Waals surface area contributed by atoms with Crippen molar-refractivity contribution in [1.82, 2.24) is 14.8 Å². The van der Waals surface area contributed by atoms with E-state index < -0.39 is 5.97 Å². The van der Waals surface area contributed by atoms with Crippen LogP contribution in [0.25, 0.3) is 11.4 Å². The molecule has 1 fully saturated rings. The molecule has 1 aliphatic rings. The van der Waals surface area contributed by atoms with E-state index in [1.54, 1.807) is 30.3 Å². The van der Waals surface area contributed by atoms with Gasteiger partial charge < -0.3 is 5.11 Å². The van der Waals surface area contributed by atoms with Crippen molar-refractivity contribution in [3.05, 3.63) is 72.1 Å². The quantitative estimate of drug-likeness (QED) is 0.699. The first-order valence-electron chi connectivity index (χ1n) is 9.42. The molecule has 1 saturated carbocycles. The van der Waals surface area contributed by atoms with Gasteiger partial charge in [0.2, 0.25) is 0 Å². The van der Waals surface area contributed by atoms with Gasteiger partial charge in [-0.25, -0.2) is 14.5 Å². The fourth-order valence-electron chi connectivity index (χ4n) is 3.38. The third kappa shape index (κ3) is 5.03. The zero-order valence-electron chi connectivity index (χ0n) is 15.6. The summed E-state index contributed by atoms with van der Waals surface area (Å²) < 4.78 is 2.16. The molecule has 1 aliphatic carbocycles. The Labute approximate surface area is 159 Å². The summed E-state index contributed by atoms with van der Waals surface area (Å²) in [5, 5.41) is 13.0. The van der Waals surface area contributed by atoms with Crippen molar-refractivity contribution in [2.24, 2.45) is 0 Å². The van der Waals surface area contributed by atoms with Crippen LogP contribution in [0.5, 0.6) is 0 Å². The molecule has 0 amide bonds. The highest BCUT2D eigenvalue weighted by Crippen LogP contribution is 2.31. The van der Waals surface area contributed by atoms with E-state index in [4.69, 9.17) is 5.11 Å². The topological polar surface area (TPSA) is 68.0 Å². The predicted octanol–water partition coefficient (Wildman–Crippen LogP) is 5.14. The number of nitrogens with zero attached hydrogens (tertiary/aromatic N) is 3. The van der Waals surface area contributed by atoms with E-state index in [0.29, 0.717) is 11.6 Å². The summed E-state index contributed by atoms with van der Waals surface area (Å²) in [6, 6.07) is 19.2. The molecule has 140 valence electrons. The summed E-state index contributed by atoms with van der Waals surface area (Å²) >= 11 is 0. The Kier molecular flexibility index (Phi) is 6.36. The van der Waals surface area contributed by atoms with Crippen molar-refractivity contribution in [3.8, 4) is 11.4 Å². The standard InChI is InChI=1S/C15H19N3.C7H6O2/c1-12-16-15(13-8-4-2-5-9-13)18(17-12)14-10-6-3-7-11-14;8-7(9)6-4-2-1-3-5-6/h2,4-5,8-9,14H,3,6-7,10-11H2,1H3;1-5H,(H,8,9). The van der Waals surface area contributed by atoms with Crippen LogP contribution < -0.4 is 0 Å². The first kappa shape index (κ1) is 18.8. The molecule has 0 spiro atoms. The summed E-state index contributed by atoms with van der Waals surface area (Å²) in [6.07, 6.45) is 6.48. The maximum absolute atomic E-state index is 10.2. The minimum Gasteiger partial charge on any atom is -0.478 e. The van der Waals surface area contributed by atoms with Gasteiger partial charge in [-0.05, 0) is 31.9 Å². The monoisotopic (exact) mass is 363 g/mol.